The van der Waals surface area contributed by atoms with Crippen molar-refractivity contribution in [2.24, 2.45) is 11.8 Å². The van der Waals surface area contributed by atoms with Crippen LogP contribution in [0.3, 0.4) is 0 Å². The summed E-state index contributed by atoms with van der Waals surface area (Å²) < 4.78 is 24.6. The predicted octanol–water partition coefficient (Wildman–Crippen LogP) is 2.66. The van der Waals surface area contributed by atoms with Gasteiger partial charge in [-0.15, -0.1) is 0 Å². The molecule has 1 saturated carbocycles. The summed E-state index contributed by atoms with van der Waals surface area (Å²) in [5.41, 5.74) is 0. The van der Waals surface area contributed by atoms with Gasteiger partial charge in [0.05, 0.1) is 6.54 Å². The topological polar surface area (TPSA) is 32.3 Å². The molecule has 20 heavy (non-hydrogen) atoms. The molecular weight excluding hydrogens is 262 g/mol. The van der Waals surface area contributed by atoms with Crippen LogP contribution in [-0.2, 0) is 4.79 Å². The van der Waals surface area contributed by atoms with Gasteiger partial charge in [-0.2, -0.15) is 0 Å². The van der Waals surface area contributed by atoms with E-state index in [2.05, 4.69) is 12.2 Å². The lowest BCUT2D eigenvalue weighted by molar-refractivity contribution is -0.138. The summed E-state index contributed by atoms with van der Waals surface area (Å²) in [6, 6.07) is 0.0142. The Balaban J connectivity index is 1.87. The maximum atomic E-state index is 12.5. The number of halogens is 2. The summed E-state index contributed by atoms with van der Waals surface area (Å²) >= 11 is 0. The third kappa shape index (κ3) is 4.40. The van der Waals surface area contributed by atoms with Gasteiger partial charge in [0.15, 0.2) is 0 Å². The third-order valence-electron chi connectivity index (χ3n) is 4.49. The van der Waals surface area contributed by atoms with Crippen LogP contribution < -0.4 is 5.32 Å². The van der Waals surface area contributed by atoms with Gasteiger partial charge in [-0.05, 0) is 25.2 Å². The average Bonchev–Trinajstić information content (AvgIpc) is 2.44. The van der Waals surface area contributed by atoms with E-state index in [1.165, 1.54) is 6.42 Å². The first-order valence-corrected chi connectivity index (χ1v) is 7.86. The second kappa shape index (κ2) is 7.34. The first-order chi connectivity index (χ1) is 9.56. The Morgan fingerprint density at radius 3 is 2.60 bits per heavy atom. The largest absolute Gasteiger partial charge is 0.341 e. The number of carbonyl (C=O) groups excluding carboxylic acids is 1. The van der Waals surface area contributed by atoms with Crippen LogP contribution in [0.1, 0.15) is 45.4 Å². The molecule has 2 atom stereocenters. The summed E-state index contributed by atoms with van der Waals surface area (Å²) in [5, 5.41) is 2.90. The van der Waals surface area contributed by atoms with Gasteiger partial charge in [-0.3, -0.25) is 4.79 Å². The molecule has 0 aromatic heterocycles. The maximum Gasteiger partial charge on any atom is 0.250 e. The minimum atomic E-state index is -2.32. The molecule has 1 heterocycles. The highest BCUT2D eigenvalue weighted by Crippen LogP contribution is 2.27. The van der Waals surface area contributed by atoms with E-state index in [9.17, 15) is 13.6 Å². The summed E-state index contributed by atoms with van der Waals surface area (Å²) in [6.45, 7) is 3.19. The van der Waals surface area contributed by atoms with Crippen LogP contribution in [-0.4, -0.2) is 42.9 Å². The van der Waals surface area contributed by atoms with Gasteiger partial charge >= 0.3 is 0 Å². The summed E-state index contributed by atoms with van der Waals surface area (Å²) in [4.78, 5) is 14.4. The van der Waals surface area contributed by atoms with Crippen molar-refractivity contribution in [1.29, 1.82) is 0 Å². The van der Waals surface area contributed by atoms with Gasteiger partial charge in [0.1, 0.15) is 0 Å². The van der Waals surface area contributed by atoms with Gasteiger partial charge < -0.3 is 10.2 Å². The van der Waals surface area contributed by atoms with Crippen molar-refractivity contribution in [3.63, 3.8) is 0 Å². The molecular formula is C15H26F2N2O. The van der Waals surface area contributed by atoms with Gasteiger partial charge in [0, 0.05) is 25.0 Å². The van der Waals surface area contributed by atoms with Crippen LogP contribution >= 0.6 is 0 Å². The Morgan fingerprint density at radius 2 is 1.95 bits per heavy atom. The van der Waals surface area contributed by atoms with E-state index in [4.69, 9.17) is 0 Å². The normalized spacial score (nSPS) is 28.9. The lowest BCUT2D eigenvalue weighted by Gasteiger charge is -2.39. The molecule has 0 spiro atoms. The molecule has 0 bridgehead atoms. The summed E-state index contributed by atoms with van der Waals surface area (Å²) in [7, 11) is 0. The summed E-state index contributed by atoms with van der Waals surface area (Å²) in [6.07, 6.45) is 4.08. The zero-order chi connectivity index (χ0) is 14.5. The van der Waals surface area contributed by atoms with Crippen LogP contribution in [0, 0.1) is 11.8 Å². The molecule has 1 aliphatic heterocycles. The average molecular weight is 288 g/mol. The van der Waals surface area contributed by atoms with Crippen molar-refractivity contribution >= 4 is 5.91 Å². The fourth-order valence-corrected chi connectivity index (χ4v) is 3.54. The minimum Gasteiger partial charge on any atom is -0.341 e. The second-order valence-electron chi connectivity index (χ2n) is 6.42. The lowest BCUT2D eigenvalue weighted by atomic mass is 9.87. The van der Waals surface area contributed by atoms with Gasteiger partial charge in [0.25, 0.3) is 6.43 Å². The van der Waals surface area contributed by atoms with E-state index in [-0.39, 0.29) is 24.4 Å². The molecule has 5 heteroatoms. The van der Waals surface area contributed by atoms with Crippen LogP contribution in [0.2, 0.25) is 0 Å². The fraction of sp³-hybridized carbons (Fsp3) is 0.933. The van der Waals surface area contributed by atoms with E-state index in [0.717, 1.165) is 38.6 Å². The molecule has 1 aliphatic carbocycles. The standard InChI is InChI=1S/C15H26F2N2O/c1-11-7-13(18-8-14(16)17)10-19(9-11)15(20)12-5-3-2-4-6-12/h11-14,18H,2-10H2,1H3. The molecule has 0 radical (unpaired) electrons. The van der Waals surface area contributed by atoms with Crippen molar-refractivity contribution in [2.45, 2.75) is 57.9 Å². The Labute approximate surface area is 120 Å². The molecule has 1 N–H and O–H groups in total. The van der Waals surface area contributed by atoms with Gasteiger partial charge in [-0.1, -0.05) is 26.2 Å². The molecule has 2 rings (SSSR count). The highest BCUT2D eigenvalue weighted by molar-refractivity contribution is 5.79. The Morgan fingerprint density at radius 1 is 1.25 bits per heavy atom. The number of carbonyl (C=O) groups is 1. The highest BCUT2D eigenvalue weighted by Gasteiger charge is 2.32. The molecule has 116 valence electrons. The van der Waals surface area contributed by atoms with Crippen LogP contribution in [0.5, 0.6) is 0 Å². The Hall–Kier alpha value is -0.710. The Bertz CT molecular complexity index is 319. The number of nitrogens with one attached hydrogen (secondary N) is 1. The monoisotopic (exact) mass is 288 g/mol. The number of hydrogen-bond acceptors (Lipinski definition) is 2. The second-order valence-corrected chi connectivity index (χ2v) is 6.42. The quantitative estimate of drug-likeness (QED) is 0.862. The van der Waals surface area contributed by atoms with E-state index >= 15 is 0 Å². The van der Waals surface area contributed by atoms with Crippen LogP contribution in [0.4, 0.5) is 8.78 Å². The zero-order valence-corrected chi connectivity index (χ0v) is 12.3. The molecule has 1 saturated heterocycles. The van der Waals surface area contributed by atoms with Crippen molar-refractivity contribution in [3.8, 4) is 0 Å². The predicted molar refractivity (Wildman–Crippen MR) is 74.7 cm³/mol. The van der Waals surface area contributed by atoms with Crippen LogP contribution in [0.25, 0.3) is 0 Å². The van der Waals surface area contributed by atoms with E-state index in [0.29, 0.717) is 12.5 Å². The van der Waals surface area contributed by atoms with E-state index < -0.39 is 6.43 Å². The molecule has 1 amide bonds. The fourth-order valence-electron chi connectivity index (χ4n) is 3.54. The van der Waals surface area contributed by atoms with Gasteiger partial charge in [0.2, 0.25) is 5.91 Å². The van der Waals surface area contributed by atoms with Crippen molar-refractivity contribution in [2.75, 3.05) is 19.6 Å². The van der Waals surface area contributed by atoms with Crippen molar-refractivity contribution in [3.05, 3.63) is 0 Å². The minimum absolute atomic E-state index is 0.0142. The van der Waals surface area contributed by atoms with E-state index in [1.54, 1.807) is 0 Å². The Kier molecular flexibility index (Phi) is 5.75. The molecule has 0 aromatic rings. The molecule has 3 nitrogen and oxygen atoms in total. The number of piperidine rings is 1. The smallest absolute Gasteiger partial charge is 0.250 e. The number of rotatable bonds is 4. The lowest BCUT2D eigenvalue weighted by Crippen LogP contribution is -2.53. The third-order valence-corrected chi connectivity index (χ3v) is 4.49. The van der Waals surface area contributed by atoms with Crippen molar-refractivity contribution < 1.29 is 13.6 Å². The summed E-state index contributed by atoms with van der Waals surface area (Å²) in [5.74, 6) is 0.802. The number of hydrogen-bond donors (Lipinski definition) is 1. The molecule has 0 aromatic carbocycles. The first-order valence-electron chi connectivity index (χ1n) is 7.86. The number of alkyl halides is 2. The van der Waals surface area contributed by atoms with Crippen LogP contribution in [0.15, 0.2) is 0 Å². The van der Waals surface area contributed by atoms with Gasteiger partial charge in [-0.25, -0.2) is 8.78 Å². The van der Waals surface area contributed by atoms with Crippen molar-refractivity contribution in [1.82, 2.24) is 10.2 Å². The molecule has 2 aliphatic rings. The maximum absolute atomic E-state index is 12.5. The number of amides is 1. The van der Waals surface area contributed by atoms with E-state index in [1.807, 2.05) is 4.90 Å². The number of likely N-dealkylation sites (tertiary alicyclic amines) is 1. The zero-order valence-electron chi connectivity index (χ0n) is 12.3. The highest BCUT2D eigenvalue weighted by atomic mass is 19.3. The first kappa shape index (κ1) is 15.7. The molecule has 2 unspecified atom stereocenters. The SMILES string of the molecule is CC1CC(NCC(F)F)CN(C(=O)C2CCCCC2)C1. The number of nitrogens with zero attached hydrogens (tertiary/aromatic N) is 1. The molecule has 2 fully saturated rings.